The third-order valence-electron chi connectivity index (χ3n) is 6.62. The molecule has 2 aliphatic rings. The van der Waals surface area contributed by atoms with E-state index in [1.54, 1.807) is 0 Å². The van der Waals surface area contributed by atoms with E-state index in [9.17, 15) is 4.79 Å². The molecule has 0 saturated heterocycles. The molecule has 0 radical (unpaired) electrons. The summed E-state index contributed by atoms with van der Waals surface area (Å²) < 4.78 is 5.59. The summed E-state index contributed by atoms with van der Waals surface area (Å²) >= 11 is 3.37. The van der Waals surface area contributed by atoms with Crippen LogP contribution in [0, 0.1) is 5.92 Å². The second-order valence-electron chi connectivity index (χ2n) is 8.97. The number of amides is 1. The lowest BCUT2D eigenvalue weighted by molar-refractivity contribution is 0.0903. The van der Waals surface area contributed by atoms with E-state index in [-0.39, 0.29) is 11.9 Å². The van der Waals surface area contributed by atoms with Crippen LogP contribution in [0.25, 0.3) is 10.6 Å². The molecule has 0 spiro atoms. The largest absolute Gasteiger partial charge is 0.493 e. The number of hydrogen-bond donors (Lipinski definition) is 1. The number of aromatic nitrogens is 1. The van der Waals surface area contributed by atoms with E-state index < -0.39 is 0 Å². The van der Waals surface area contributed by atoms with E-state index in [0.717, 1.165) is 55.0 Å². The van der Waals surface area contributed by atoms with Crippen molar-refractivity contribution in [2.45, 2.75) is 44.2 Å². The van der Waals surface area contributed by atoms with Gasteiger partial charge in [-0.2, -0.15) is 0 Å². The monoisotopic (exact) mass is 467 g/mol. The van der Waals surface area contributed by atoms with Gasteiger partial charge in [-0.3, -0.25) is 4.79 Å². The molecule has 1 saturated carbocycles. The molecule has 3 heterocycles. The molecule has 1 aliphatic carbocycles. The third-order valence-corrected chi connectivity index (χ3v) is 8.45. The molecule has 5 nitrogen and oxygen atoms in total. The van der Waals surface area contributed by atoms with Crippen molar-refractivity contribution >= 4 is 28.6 Å². The van der Waals surface area contributed by atoms with E-state index in [1.165, 1.54) is 21.8 Å². The molecular formula is C25H29N3O2S2. The van der Waals surface area contributed by atoms with Gasteiger partial charge in [0.2, 0.25) is 0 Å². The van der Waals surface area contributed by atoms with E-state index in [2.05, 4.69) is 52.9 Å². The zero-order valence-corrected chi connectivity index (χ0v) is 20.2. The Balaban J connectivity index is 1.19. The fraction of sp³-hybridized carbons (Fsp3) is 0.440. The van der Waals surface area contributed by atoms with Crippen LogP contribution >= 0.6 is 22.7 Å². The van der Waals surface area contributed by atoms with E-state index >= 15 is 0 Å². The fourth-order valence-electron chi connectivity index (χ4n) is 5.04. The third kappa shape index (κ3) is 4.47. The van der Waals surface area contributed by atoms with Crippen molar-refractivity contribution in [3.63, 3.8) is 0 Å². The minimum absolute atomic E-state index is 0.0529. The van der Waals surface area contributed by atoms with Crippen LogP contribution in [0.3, 0.4) is 0 Å². The van der Waals surface area contributed by atoms with Crippen molar-refractivity contribution < 1.29 is 9.53 Å². The Morgan fingerprint density at radius 1 is 1.19 bits per heavy atom. The first kappa shape index (κ1) is 21.6. The number of benzene rings is 1. The number of thiophene rings is 1. The van der Waals surface area contributed by atoms with Crippen LogP contribution in [0.15, 0.2) is 41.1 Å². The van der Waals surface area contributed by atoms with Crippen molar-refractivity contribution in [3.05, 3.63) is 57.2 Å². The molecule has 1 fully saturated rings. The van der Waals surface area contributed by atoms with Gasteiger partial charge in [0, 0.05) is 34.3 Å². The van der Waals surface area contributed by atoms with Gasteiger partial charge < -0.3 is 15.0 Å². The molecule has 1 aliphatic heterocycles. The topological polar surface area (TPSA) is 54.5 Å². The summed E-state index contributed by atoms with van der Waals surface area (Å²) in [4.78, 5) is 21.3. The number of hydrogen-bond acceptors (Lipinski definition) is 6. The van der Waals surface area contributed by atoms with Crippen LogP contribution in [-0.2, 0) is 6.42 Å². The highest BCUT2D eigenvalue weighted by Gasteiger charge is 2.31. The minimum Gasteiger partial charge on any atom is -0.493 e. The summed E-state index contributed by atoms with van der Waals surface area (Å²) in [7, 11) is 4.35. The van der Waals surface area contributed by atoms with Crippen molar-refractivity contribution in [1.82, 2.24) is 15.2 Å². The van der Waals surface area contributed by atoms with Gasteiger partial charge in [-0.15, -0.1) is 22.7 Å². The number of carbonyl (C=O) groups is 1. The first-order valence-electron chi connectivity index (χ1n) is 11.3. The van der Waals surface area contributed by atoms with Gasteiger partial charge in [0.25, 0.3) is 5.91 Å². The number of nitrogens with one attached hydrogen (secondary N) is 1. The first-order valence-corrected chi connectivity index (χ1v) is 13.1. The van der Waals surface area contributed by atoms with Gasteiger partial charge in [0.15, 0.2) is 0 Å². The highest BCUT2D eigenvalue weighted by Crippen LogP contribution is 2.39. The van der Waals surface area contributed by atoms with Crippen LogP contribution in [-0.4, -0.2) is 42.5 Å². The molecule has 32 heavy (non-hydrogen) atoms. The molecule has 7 heteroatoms. The average molecular weight is 468 g/mol. The Morgan fingerprint density at radius 2 is 2.03 bits per heavy atom. The molecule has 0 bridgehead atoms. The normalized spacial score (nSPS) is 21.2. The molecule has 1 N–H and O–H groups in total. The number of ether oxygens (including phenoxy) is 1. The lowest BCUT2D eigenvalue weighted by Crippen LogP contribution is -2.39. The van der Waals surface area contributed by atoms with Gasteiger partial charge >= 0.3 is 0 Å². The molecule has 3 aromatic rings. The zero-order chi connectivity index (χ0) is 22.1. The van der Waals surface area contributed by atoms with Crippen molar-refractivity contribution in [2.75, 3.05) is 20.7 Å². The van der Waals surface area contributed by atoms with Crippen LogP contribution in [0.5, 0.6) is 5.75 Å². The molecular weight excluding hydrogens is 438 g/mol. The maximum atomic E-state index is 12.9. The standard InChI is InChI=1S/C25H29N3O2S2/c1-28(2)23(22-4-3-13-31-22)16-5-8-19(9-6-16)26-24(29)20-15-32-25(27-20)18-7-10-21-17(14-18)11-12-30-21/h3-4,7,10,13-16,19,23H,5-6,8-9,11-12H2,1-2H3,(H,26,29). The Hall–Kier alpha value is -2.22. The highest BCUT2D eigenvalue weighted by atomic mass is 32.1. The second-order valence-corrected chi connectivity index (χ2v) is 10.8. The van der Waals surface area contributed by atoms with Crippen molar-refractivity contribution in [3.8, 4) is 16.3 Å². The maximum absolute atomic E-state index is 12.9. The summed E-state index contributed by atoms with van der Waals surface area (Å²) in [5.74, 6) is 1.55. The second kappa shape index (κ2) is 9.33. The Morgan fingerprint density at radius 3 is 2.78 bits per heavy atom. The average Bonchev–Trinajstić information content (AvgIpc) is 3.55. The predicted octanol–water partition coefficient (Wildman–Crippen LogP) is 5.40. The summed E-state index contributed by atoms with van der Waals surface area (Å²) in [6.45, 7) is 0.745. The smallest absolute Gasteiger partial charge is 0.270 e. The molecule has 1 amide bonds. The van der Waals surface area contributed by atoms with Crippen molar-refractivity contribution in [2.24, 2.45) is 5.92 Å². The SMILES string of the molecule is CN(C)C(c1cccs1)C1CCC(NC(=O)c2csc(-c3ccc4c(c3)CCO4)n2)CC1. The first-order chi connectivity index (χ1) is 15.6. The Kier molecular flexibility index (Phi) is 6.31. The number of nitrogens with zero attached hydrogens (tertiary/aromatic N) is 2. The Labute approximate surface area is 197 Å². The summed E-state index contributed by atoms with van der Waals surface area (Å²) in [6, 6.07) is 11.3. The highest BCUT2D eigenvalue weighted by molar-refractivity contribution is 7.13. The summed E-state index contributed by atoms with van der Waals surface area (Å²) in [6.07, 6.45) is 5.24. The number of fused-ring (bicyclic) bond motifs is 1. The van der Waals surface area contributed by atoms with Crippen LogP contribution in [0.2, 0.25) is 0 Å². The van der Waals surface area contributed by atoms with Crippen LogP contribution in [0.4, 0.5) is 0 Å². The number of thiazole rings is 1. The number of carbonyl (C=O) groups excluding carboxylic acids is 1. The molecule has 168 valence electrons. The van der Waals surface area contributed by atoms with Crippen molar-refractivity contribution in [1.29, 1.82) is 0 Å². The van der Waals surface area contributed by atoms with E-state index in [0.29, 0.717) is 17.7 Å². The van der Waals surface area contributed by atoms with Crippen LogP contribution in [0.1, 0.15) is 52.7 Å². The molecule has 5 rings (SSSR count). The minimum atomic E-state index is -0.0529. The van der Waals surface area contributed by atoms with Gasteiger partial charge in [0.1, 0.15) is 16.5 Å². The number of rotatable bonds is 6. The molecule has 2 aromatic heterocycles. The summed E-state index contributed by atoms with van der Waals surface area (Å²) in [5, 5.41) is 8.16. The quantitative estimate of drug-likeness (QED) is 0.528. The van der Waals surface area contributed by atoms with Gasteiger partial charge in [0.05, 0.1) is 6.61 Å². The fourth-order valence-corrected chi connectivity index (χ4v) is 6.85. The predicted molar refractivity (Wildman–Crippen MR) is 131 cm³/mol. The zero-order valence-electron chi connectivity index (χ0n) is 18.5. The van der Waals surface area contributed by atoms with Gasteiger partial charge in [-0.25, -0.2) is 4.98 Å². The van der Waals surface area contributed by atoms with E-state index in [4.69, 9.17) is 4.74 Å². The lowest BCUT2D eigenvalue weighted by Gasteiger charge is -2.37. The molecule has 1 aromatic carbocycles. The molecule has 1 unspecified atom stereocenters. The van der Waals surface area contributed by atoms with Gasteiger partial charge in [-0.05, 0) is 80.9 Å². The summed E-state index contributed by atoms with van der Waals surface area (Å²) in [5.41, 5.74) is 2.80. The van der Waals surface area contributed by atoms with Crippen LogP contribution < -0.4 is 10.1 Å². The van der Waals surface area contributed by atoms with E-state index in [1.807, 2.05) is 28.8 Å². The molecule has 1 atom stereocenters. The lowest BCUT2D eigenvalue weighted by atomic mass is 9.80. The Bertz CT molecular complexity index is 1070. The maximum Gasteiger partial charge on any atom is 0.270 e. The van der Waals surface area contributed by atoms with Gasteiger partial charge in [-0.1, -0.05) is 6.07 Å².